The fourth-order valence-corrected chi connectivity index (χ4v) is 5.44. The molecule has 5 rings (SSSR count). The van der Waals surface area contributed by atoms with Crippen LogP contribution in [0.25, 0.3) is 0 Å². The molecule has 0 bridgehead atoms. The Balaban J connectivity index is 1.40. The molecule has 4 aliphatic heterocycles. The van der Waals surface area contributed by atoms with E-state index in [9.17, 15) is 18.4 Å². The van der Waals surface area contributed by atoms with Gasteiger partial charge in [0.1, 0.15) is 17.5 Å². The summed E-state index contributed by atoms with van der Waals surface area (Å²) >= 11 is 0. The number of rotatable bonds is 3. The van der Waals surface area contributed by atoms with Gasteiger partial charge in [0.2, 0.25) is 0 Å². The van der Waals surface area contributed by atoms with E-state index in [0.29, 0.717) is 57.4 Å². The first kappa shape index (κ1) is 22.4. The zero-order chi connectivity index (χ0) is 23.2. The van der Waals surface area contributed by atoms with Gasteiger partial charge in [0, 0.05) is 64.5 Å². The molecule has 0 amide bonds. The number of pyridine rings is 1. The van der Waals surface area contributed by atoms with Crippen LogP contribution in [-0.2, 0) is 10.9 Å². The maximum absolute atomic E-state index is 13.9. The minimum Gasteiger partial charge on any atom is -0.367 e. The number of aromatic nitrogens is 1. The summed E-state index contributed by atoms with van der Waals surface area (Å²) in [6, 6.07) is 3.77. The van der Waals surface area contributed by atoms with Crippen molar-refractivity contribution in [2.24, 2.45) is 0 Å². The van der Waals surface area contributed by atoms with Gasteiger partial charge in [-0.25, -0.2) is 4.98 Å². The van der Waals surface area contributed by atoms with E-state index < -0.39 is 11.9 Å². The number of nitriles is 1. The number of anilines is 2. The molecule has 1 spiro atoms. The monoisotopic (exact) mass is 462 g/mol. The van der Waals surface area contributed by atoms with E-state index in [4.69, 9.17) is 4.74 Å². The molecule has 0 aromatic carbocycles. The van der Waals surface area contributed by atoms with Crippen molar-refractivity contribution in [3.8, 4) is 6.07 Å². The molecule has 5 heterocycles. The largest absolute Gasteiger partial charge is 0.434 e. The van der Waals surface area contributed by atoms with Gasteiger partial charge in [-0.3, -0.25) is 4.90 Å². The maximum Gasteiger partial charge on any atom is 0.434 e. The number of piperazine rings is 1. The van der Waals surface area contributed by atoms with Gasteiger partial charge < -0.3 is 19.9 Å². The van der Waals surface area contributed by atoms with E-state index in [1.807, 2.05) is 9.80 Å². The number of piperidine rings is 1. The highest BCUT2D eigenvalue weighted by atomic mass is 19.4. The fourth-order valence-electron chi connectivity index (χ4n) is 5.44. The topological polar surface area (TPSA) is 67.7 Å². The van der Waals surface area contributed by atoms with Crippen LogP contribution < -0.4 is 15.1 Å². The molecule has 0 saturated carbocycles. The molecule has 1 N–H and O–H groups in total. The molecular weight excluding hydrogens is 433 g/mol. The summed E-state index contributed by atoms with van der Waals surface area (Å²) in [5, 5.41) is 13.0. The van der Waals surface area contributed by atoms with Crippen LogP contribution in [0.1, 0.15) is 31.0 Å². The van der Waals surface area contributed by atoms with E-state index >= 15 is 0 Å². The van der Waals surface area contributed by atoms with Crippen molar-refractivity contribution >= 4 is 11.5 Å². The third-order valence-corrected chi connectivity index (χ3v) is 7.60. The molecule has 4 aliphatic rings. The van der Waals surface area contributed by atoms with Gasteiger partial charge in [-0.05, 0) is 25.3 Å². The highest BCUT2D eigenvalue weighted by Crippen LogP contribution is 2.41. The average Bonchev–Trinajstić information content (AvgIpc) is 3.12. The Morgan fingerprint density at radius 3 is 2.42 bits per heavy atom. The zero-order valence-electron chi connectivity index (χ0n) is 18.8. The lowest BCUT2D eigenvalue weighted by Crippen LogP contribution is -2.63. The van der Waals surface area contributed by atoms with Crippen molar-refractivity contribution < 1.29 is 17.9 Å². The highest BCUT2D eigenvalue weighted by Gasteiger charge is 2.43. The summed E-state index contributed by atoms with van der Waals surface area (Å²) in [6.45, 7) is 8.72. The molecule has 3 saturated heterocycles. The lowest BCUT2D eigenvalue weighted by atomic mass is 9.85. The number of ether oxygens (including phenoxy) is 1. The van der Waals surface area contributed by atoms with Gasteiger partial charge in [-0.15, -0.1) is 0 Å². The standard InChI is InChI=1S/C23H29F3N6O/c1-16-2-11-33-22(16)3-7-31(8-4-22)20-12-19(18(13-27)21(29-20)23(24,25)26)32-14-17(15-32)30-9-5-28-6-10-30/h2,12,17,28H,3-11,14-15H2,1H3. The van der Waals surface area contributed by atoms with Crippen molar-refractivity contribution in [3.05, 3.63) is 29.0 Å². The molecule has 0 aliphatic carbocycles. The Morgan fingerprint density at radius 2 is 1.85 bits per heavy atom. The molecule has 1 aromatic heterocycles. The second kappa shape index (κ2) is 8.46. The number of hydrogen-bond acceptors (Lipinski definition) is 7. The summed E-state index contributed by atoms with van der Waals surface area (Å²) in [6.07, 6.45) is -1.19. The van der Waals surface area contributed by atoms with Crippen molar-refractivity contribution in [1.29, 1.82) is 5.26 Å². The first-order valence-electron chi connectivity index (χ1n) is 11.6. The summed E-state index contributed by atoms with van der Waals surface area (Å²) in [4.78, 5) is 10.1. The Bertz CT molecular complexity index is 968. The van der Waals surface area contributed by atoms with Crippen LogP contribution in [0.3, 0.4) is 0 Å². The number of nitrogens with one attached hydrogen (secondary N) is 1. The molecule has 0 atom stereocenters. The van der Waals surface area contributed by atoms with E-state index in [-0.39, 0.29) is 17.0 Å². The van der Waals surface area contributed by atoms with Crippen LogP contribution in [0, 0.1) is 11.3 Å². The van der Waals surface area contributed by atoms with Gasteiger partial charge in [-0.2, -0.15) is 18.4 Å². The van der Waals surface area contributed by atoms with E-state index in [2.05, 4.69) is 28.2 Å². The van der Waals surface area contributed by atoms with E-state index in [1.165, 1.54) is 5.57 Å². The average molecular weight is 463 g/mol. The van der Waals surface area contributed by atoms with Gasteiger partial charge in [-0.1, -0.05) is 6.08 Å². The fraction of sp³-hybridized carbons (Fsp3) is 0.652. The van der Waals surface area contributed by atoms with E-state index in [1.54, 1.807) is 12.1 Å². The first-order valence-corrected chi connectivity index (χ1v) is 11.6. The summed E-state index contributed by atoms with van der Waals surface area (Å²) in [7, 11) is 0. The molecule has 1 aromatic rings. The maximum atomic E-state index is 13.9. The minimum atomic E-state index is -4.69. The lowest BCUT2D eigenvalue weighted by Gasteiger charge is -2.48. The number of alkyl halides is 3. The van der Waals surface area contributed by atoms with Crippen LogP contribution in [-0.4, -0.2) is 80.5 Å². The highest BCUT2D eigenvalue weighted by molar-refractivity contribution is 5.68. The molecule has 0 radical (unpaired) electrons. The number of hydrogen-bond donors (Lipinski definition) is 1. The zero-order valence-corrected chi connectivity index (χ0v) is 18.8. The van der Waals surface area contributed by atoms with Crippen molar-refractivity contribution in [3.63, 3.8) is 0 Å². The Morgan fingerprint density at radius 1 is 1.15 bits per heavy atom. The normalized spacial score (nSPS) is 24.0. The second-order valence-corrected chi connectivity index (χ2v) is 9.36. The van der Waals surface area contributed by atoms with Gasteiger partial charge >= 0.3 is 6.18 Å². The van der Waals surface area contributed by atoms with Crippen molar-refractivity contribution in [2.45, 2.75) is 37.6 Å². The van der Waals surface area contributed by atoms with Gasteiger partial charge in [0.25, 0.3) is 0 Å². The lowest BCUT2D eigenvalue weighted by molar-refractivity contribution is -0.141. The van der Waals surface area contributed by atoms with Crippen LogP contribution in [0.5, 0.6) is 0 Å². The van der Waals surface area contributed by atoms with Crippen LogP contribution in [0.2, 0.25) is 0 Å². The predicted molar refractivity (Wildman–Crippen MR) is 118 cm³/mol. The summed E-state index contributed by atoms with van der Waals surface area (Å²) < 4.78 is 47.7. The molecule has 178 valence electrons. The Hall–Kier alpha value is -2.35. The van der Waals surface area contributed by atoms with Crippen LogP contribution in [0.15, 0.2) is 17.7 Å². The molecule has 3 fully saturated rings. The Kier molecular flexibility index (Phi) is 5.75. The van der Waals surface area contributed by atoms with Crippen LogP contribution >= 0.6 is 0 Å². The number of nitrogens with zero attached hydrogens (tertiary/aromatic N) is 5. The third-order valence-electron chi connectivity index (χ3n) is 7.60. The SMILES string of the molecule is CC1=CCOC12CCN(c1cc(N3CC(N4CCNCC4)C3)c(C#N)c(C(F)(F)F)n1)CC2. The smallest absolute Gasteiger partial charge is 0.367 e. The number of halogens is 3. The quantitative estimate of drug-likeness (QED) is 0.692. The van der Waals surface area contributed by atoms with Crippen molar-refractivity contribution in [2.75, 3.05) is 68.8 Å². The van der Waals surface area contributed by atoms with Crippen LogP contribution in [0.4, 0.5) is 24.7 Å². The molecular formula is C23H29F3N6O. The van der Waals surface area contributed by atoms with E-state index in [0.717, 1.165) is 26.2 Å². The van der Waals surface area contributed by atoms with Gasteiger partial charge in [0.05, 0.1) is 17.9 Å². The van der Waals surface area contributed by atoms with Crippen molar-refractivity contribution in [1.82, 2.24) is 15.2 Å². The molecule has 0 unspecified atom stereocenters. The molecule has 33 heavy (non-hydrogen) atoms. The molecule has 10 heteroatoms. The first-order chi connectivity index (χ1) is 15.8. The predicted octanol–water partition coefficient (Wildman–Crippen LogP) is 2.38. The Labute approximate surface area is 191 Å². The van der Waals surface area contributed by atoms with Gasteiger partial charge in [0.15, 0.2) is 5.69 Å². The second-order valence-electron chi connectivity index (χ2n) is 9.36. The summed E-state index contributed by atoms with van der Waals surface area (Å²) in [5.74, 6) is 0.288. The molecule has 7 nitrogen and oxygen atoms in total. The summed E-state index contributed by atoms with van der Waals surface area (Å²) in [5.41, 5.74) is -0.221. The third kappa shape index (κ3) is 4.07. The minimum absolute atomic E-state index is 0.288.